The van der Waals surface area contributed by atoms with Crippen molar-refractivity contribution in [3.8, 4) is 0 Å². The van der Waals surface area contributed by atoms with E-state index in [9.17, 15) is 9.59 Å². The molecule has 4 aliphatic rings. The van der Waals surface area contributed by atoms with Crippen LogP contribution < -0.4 is 10.6 Å². The number of allylic oxidation sites excluding steroid dienone is 1. The molecule has 2 atom stereocenters. The van der Waals surface area contributed by atoms with E-state index in [1.165, 1.54) is 17.6 Å². The van der Waals surface area contributed by atoms with Gasteiger partial charge < -0.3 is 20.4 Å². The lowest BCUT2D eigenvalue weighted by atomic mass is 9.49. The van der Waals surface area contributed by atoms with Gasteiger partial charge in [-0.2, -0.15) is 0 Å². The summed E-state index contributed by atoms with van der Waals surface area (Å²) >= 11 is 0. The second-order valence-electron chi connectivity index (χ2n) is 12.9. The Bertz CT molecular complexity index is 1220. The van der Waals surface area contributed by atoms with Gasteiger partial charge in [0.25, 0.3) is 0 Å². The van der Waals surface area contributed by atoms with Crippen LogP contribution in [0.1, 0.15) is 57.6 Å². The van der Waals surface area contributed by atoms with Gasteiger partial charge >= 0.3 is 12.1 Å². The van der Waals surface area contributed by atoms with Crippen molar-refractivity contribution in [3.63, 3.8) is 0 Å². The molecule has 1 saturated carbocycles. The Balaban J connectivity index is 1.13. The van der Waals surface area contributed by atoms with E-state index in [-0.39, 0.29) is 12.1 Å². The highest BCUT2D eigenvalue weighted by Gasteiger charge is 2.51. The van der Waals surface area contributed by atoms with Crippen LogP contribution in [0.15, 0.2) is 66.2 Å². The molecule has 4 amide bonds. The lowest BCUT2D eigenvalue weighted by Crippen LogP contribution is -2.53. The number of hydrogen-bond donors (Lipinski definition) is 2. The molecule has 220 valence electrons. The van der Waals surface area contributed by atoms with Crippen molar-refractivity contribution in [2.75, 3.05) is 51.1 Å². The molecule has 2 N–H and O–H groups in total. The van der Waals surface area contributed by atoms with Gasteiger partial charge in [-0.15, -0.1) is 0 Å². The lowest BCUT2D eigenvalue weighted by molar-refractivity contribution is -0.00983. The second kappa shape index (κ2) is 12.7. The molecule has 0 aromatic heterocycles. The molecule has 1 heterocycles. The van der Waals surface area contributed by atoms with Gasteiger partial charge in [0.05, 0.1) is 0 Å². The average Bonchev–Trinajstić information content (AvgIpc) is 2.99. The zero-order valence-corrected chi connectivity index (χ0v) is 25.2. The van der Waals surface area contributed by atoms with Gasteiger partial charge in [-0.3, -0.25) is 4.90 Å². The van der Waals surface area contributed by atoms with E-state index in [1.54, 1.807) is 0 Å². The molecular weight excluding hydrogens is 510 g/mol. The molecule has 7 heteroatoms. The van der Waals surface area contributed by atoms with E-state index in [4.69, 9.17) is 0 Å². The number of piperazine rings is 1. The third kappa shape index (κ3) is 6.95. The monoisotopic (exact) mass is 557 g/mol. The van der Waals surface area contributed by atoms with E-state index >= 15 is 0 Å². The number of benzene rings is 2. The minimum atomic E-state index is -0.0467. The van der Waals surface area contributed by atoms with Crippen LogP contribution in [-0.4, -0.2) is 72.6 Å². The second-order valence-corrected chi connectivity index (χ2v) is 12.9. The summed E-state index contributed by atoms with van der Waals surface area (Å²) in [5.41, 5.74) is 4.96. The Morgan fingerprint density at radius 1 is 1.00 bits per heavy atom. The summed E-state index contributed by atoms with van der Waals surface area (Å²) in [5, 5.41) is 6.21. The zero-order chi connectivity index (χ0) is 29.0. The minimum absolute atomic E-state index is 0.00416. The van der Waals surface area contributed by atoms with Crippen molar-refractivity contribution >= 4 is 17.7 Å². The van der Waals surface area contributed by atoms with E-state index in [2.05, 4.69) is 61.4 Å². The van der Waals surface area contributed by atoms with Crippen LogP contribution in [0.4, 0.5) is 15.3 Å². The molecular formula is C34H47N5O2. The molecule has 2 aromatic rings. The Hall–Kier alpha value is -3.32. The highest BCUT2D eigenvalue weighted by Crippen LogP contribution is 2.59. The molecule has 0 radical (unpaired) electrons. The van der Waals surface area contributed by atoms with Gasteiger partial charge in [0, 0.05) is 58.0 Å². The van der Waals surface area contributed by atoms with Gasteiger partial charge in [0.1, 0.15) is 0 Å². The summed E-state index contributed by atoms with van der Waals surface area (Å²) in [7, 11) is 0. The molecule has 2 fully saturated rings. The average molecular weight is 558 g/mol. The summed E-state index contributed by atoms with van der Waals surface area (Å²) in [6.07, 6.45) is 4.78. The number of carbonyl (C=O) groups is 2. The van der Waals surface area contributed by atoms with Crippen molar-refractivity contribution in [1.29, 1.82) is 0 Å². The molecule has 2 aromatic carbocycles. The highest BCUT2D eigenvalue weighted by atomic mass is 16.2. The fourth-order valence-electron chi connectivity index (χ4n) is 6.60. The van der Waals surface area contributed by atoms with Gasteiger partial charge in [0.2, 0.25) is 0 Å². The van der Waals surface area contributed by atoms with Crippen LogP contribution in [-0.2, 0) is 6.54 Å². The van der Waals surface area contributed by atoms with Crippen molar-refractivity contribution in [1.82, 2.24) is 20.0 Å². The maximum Gasteiger partial charge on any atom is 0.321 e. The van der Waals surface area contributed by atoms with E-state index in [0.717, 1.165) is 43.2 Å². The Kier molecular flexibility index (Phi) is 9.03. The summed E-state index contributed by atoms with van der Waals surface area (Å²) < 4.78 is 0. The third-order valence-corrected chi connectivity index (χ3v) is 9.70. The summed E-state index contributed by atoms with van der Waals surface area (Å²) in [5.74, 6) is 1.83. The first-order valence-electron chi connectivity index (χ1n) is 15.3. The van der Waals surface area contributed by atoms with Crippen molar-refractivity contribution in [2.45, 2.75) is 53.0 Å². The first kappa shape index (κ1) is 29.2. The van der Waals surface area contributed by atoms with Crippen molar-refractivity contribution in [2.24, 2.45) is 17.3 Å². The van der Waals surface area contributed by atoms with Crippen molar-refractivity contribution < 1.29 is 9.59 Å². The summed E-state index contributed by atoms with van der Waals surface area (Å²) in [4.78, 5) is 32.6. The zero-order valence-electron chi connectivity index (χ0n) is 25.2. The fraction of sp³-hybridized carbons (Fsp3) is 0.529. The summed E-state index contributed by atoms with van der Waals surface area (Å²) in [6.45, 7) is 14.8. The normalized spacial score (nSPS) is 21.6. The highest BCUT2D eigenvalue weighted by molar-refractivity contribution is 5.89. The van der Waals surface area contributed by atoms with Crippen LogP contribution in [0.2, 0.25) is 0 Å². The third-order valence-electron chi connectivity index (χ3n) is 9.70. The Labute approximate surface area is 246 Å². The predicted octanol–water partition coefficient (Wildman–Crippen LogP) is 6.16. The summed E-state index contributed by atoms with van der Waals surface area (Å²) in [6, 6.07) is 18.2. The minimum Gasteiger partial charge on any atom is -0.334 e. The number of fused-ring (bicyclic) bond motifs is 1. The maximum absolute atomic E-state index is 13.4. The molecule has 6 rings (SSSR count). The van der Waals surface area contributed by atoms with Crippen LogP contribution in [0.5, 0.6) is 0 Å². The maximum atomic E-state index is 13.4. The number of nitrogens with one attached hydrogen (secondary N) is 2. The van der Waals surface area contributed by atoms with Crippen LogP contribution in [0.3, 0.4) is 0 Å². The lowest BCUT2D eigenvalue weighted by Gasteiger charge is -2.57. The number of amides is 4. The van der Waals surface area contributed by atoms with Crippen LogP contribution >= 0.6 is 0 Å². The molecule has 3 aliphatic carbocycles. The SMILES string of the molecule is CC(C)c1ccc(NC(=O)N2CCN(CCN(CC3=CCC4CC3C4(C)C)C(=O)NCc3ccccc3)CC2)cc1. The van der Waals surface area contributed by atoms with Crippen LogP contribution in [0, 0.1) is 17.3 Å². The Morgan fingerprint density at radius 3 is 2.34 bits per heavy atom. The van der Waals surface area contributed by atoms with Gasteiger partial charge in [-0.05, 0) is 59.3 Å². The van der Waals surface area contributed by atoms with Crippen molar-refractivity contribution in [3.05, 3.63) is 77.4 Å². The first-order valence-corrected chi connectivity index (χ1v) is 15.3. The first-order chi connectivity index (χ1) is 19.7. The molecule has 1 aliphatic heterocycles. The number of urea groups is 2. The molecule has 2 unspecified atom stereocenters. The topological polar surface area (TPSA) is 67.9 Å². The molecule has 7 nitrogen and oxygen atoms in total. The predicted molar refractivity (Wildman–Crippen MR) is 166 cm³/mol. The molecule has 1 saturated heterocycles. The number of anilines is 1. The Morgan fingerprint density at radius 2 is 1.71 bits per heavy atom. The largest absolute Gasteiger partial charge is 0.334 e. The van der Waals surface area contributed by atoms with E-state index in [0.29, 0.717) is 50.0 Å². The molecule has 41 heavy (non-hydrogen) atoms. The number of carbonyl (C=O) groups excluding carboxylic acids is 2. The molecule has 2 bridgehead atoms. The standard InChI is InChI=1S/C34H47N5O2/c1-25(2)27-11-14-30(15-12-27)36-33(41)38-19-16-37(17-20-38)18-21-39(32(40)35-23-26-8-6-5-7-9-26)24-28-10-13-29-22-31(28)34(29,3)4/h5-12,14-15,25,29,31H,13,16-24H2,1-4H3,(H,35,40)(H,36,41). The number of hydrogen-bond acceptors (Lipinski definition) is 3. The van der Waals surface area contributed by atoms with Gasteiger partial charge in [0.15, 0.2) is 0 Å². The van der Waals surface area contributed by atoms with Crippen LogP contribution in [0.25, 0.3) is 0 Å². The van der Waals surface area contributed by atoms with Gasteiger partial charge in [-0.25, -0.2) is 9.59 Å². The quantitative estimate of drug-likeness (QED) is 0.363. The van der Waals surface area contributed by atoms with E-state index < -0.39 is 0 Å². The number of rotatable bonds is 9. The number of nitrogens with zero attached hydrogens (tertiary/aromatic N) is 3. The smallest absolute Gasteiger partial charge is 0.321 e. The molecule has 0 spiro atoms. The fourth-order valence-corrected chi connectivity index (χ4v) is 6.60. The van der Waals surface area contributed by atoms with E-state index in [1.807, 2.05) is 52.3 Å². The van der Waals surface area contributed by atoms with Gasteiger partial charge in [-0.1, -0.05) is 81.8 Å².